The summed E-state index contributed by atoms with van der Waals surface area (Å²) in [5, 5.41) is 6.04. The van der Waals surface area contributed by atoms with E-state index in [-0.39, 0.29) is 24.9 Å². The Morgan fingerprint density at radius 2 is 2.05 bits per heavy atom. The molecule has 1 saturated heterocycles. The maximum absolute atomic E-state index is 11.5. The van der Waals surface area contributed by atoms with Gasteiger partial charge in [0.05, 0.1) is 0 Å². The van der Waals surface area contributed by atoms with E-state index < -0.39 is 0 Å². The van der Waals surface area contributed by atoms with E-state index in [1.807, 2.05) is 24.3 Å². The van der Waals surface area contributed by atoms with Crippen LogP contribution in [-0.4, -0.2) is 32.1 Å². The van der Waals surface area contributed by atoms with Gasteiger partial charge in [0.1, 0.15) is 5.75 Å². The first kappa shape index (κ1) is 15.8. The molecule has 0 aromatic heterocycles. The molecule has 1 aromatic rings. The Bertz CT molecular complexity index is 391. The van der Waals surface area contributed by atoms with E-state index in [1.165, 1.54) is 5.56 Å². The molecule has 1 heterocycles. The number of amides is 1. The van der Waals surface area contributed by atoms with Gasteiger partial charge in [0.2, 0.25) is 0 Å². The van der Waals surface area contributed by atoms with E-state index in [1.54, 1.807) is 0 Å². The molecule has 5 heteroatoms. The summed E-state index contributed by atoms with van der Waals surface area (Å²) in [4.78, 5) is 11.5. The highest BCUT2D eigenvalue weighted by molar-refractivity contribution is 5.85. The number of ether oxygens (including phenoxy) is 1. The minimum absolute atomic E-state index is 0. The molecule has 1 aliphatic heterocycles. The molecule has 4 nitrogen and oxygen atoms in total. The Balaban J connectivity index is 0.00000180. The Morgan fingerprint density at radius 3 is 2.58 bits per heavy atom. The van der Waals surface area contributed by atoms with Crippen molar-refractivity contribution in [3.05, 3.63) is 29.8 Å². The molecule has 0 unspecified atom stereocenters. The molecule has 1 aliphatic rings. The van der Waals surface area contributed by atoms with Crippen molar-refractivity contribution in [3.8, 4) is 5.75 Å². The lowest BCUT2D eigenvalue weighted by Crippen LogP contribution is -2.48. The summed E-state index contributed by atoms with van der Waals surface area (Å²) in [6.07, 6.45) is 1.01. The van der Waals surface area contributed by atoms with E-state index in [0.717, 1.165) is 31.8 Å². The fourth-order valence-electron chi connectivity index (χ4n) is 1.77. The van der Waals surface area contributed by atoms with Gasteiger partial charge in [-0.15, -0.1) is 12.4 Å². The Morgan fingerprint density at radius 1 is 1.37 bits per heavy atom. The number of halogens is 1. The van der Waals surface area contributed by atoms with Crippen molar-refractivity contribution in [1.29, 1.82) is 0 Å². The van der Waals surface area contributed by atoms with E-state index in [0.29, 0.717) is 5.92 Å². The van der Waals surface area contributed by atoms with Gasteiger partial charge in [0, 0.05) is 25.6 Å². The summed E-state index contributed by atoms with van der Waals surface area (Å²) in [5.41, 5.74) is 1.27. The molecule has 1 amide bonds. The number of aryl methyl sites for hydroxylation is 1. The molecule has 19 heavy (non-hydrogen) atoms. The van der Waals surface area contributed by atoms with Crippen molar-refractivity contribution in [3.63, 3.8) is 0 Å². The second-order valence-corrected chi connectivity index (χ2v) is 4.61. The van der Waals surface area contributed by atoms with Gasteiger partial charge in [-0.1, -0.05) is 19.1 Å². The summed E-state index contributed by atoms with van der Waals surface area (Å²) in [6, 6.07) is 7.85. The van der Waals surface area contributed by atoms with Gasteiger partial charge in [-0.25, -0.2) is 0 Å². The van der Waals surface area contributed by atoms with Crippen molar-refractivity contribution in [1.82, 2.24) is 10.6 Å². The van der Waals surface area contributed by atoms with Crippen LogP contribution in [0.25, 0.3) is 0 Å². The summed E-state index contributed by atoms with van der Waals surface area (Å²) >= 11 is 0. The molecule has 2 rings (SSSR count). The molecule has 106 valence electrons. The van der Waals surface area contributed by atoms with Crippen LogP contribution in [0.15, 0.2) is 24.3 Å². The van der Waals surface area contributed by atoms with Crippen LogP contribution in [0.2, 0.25) is 0 Å². The van der Waals surface area contributed by atoms with Gasteiger partial charge in [-0.2, -0.15) is 0 Å². The maximum Gasteiger partial charge on any atom is 0.257 e. The molecule has 0 aliphatic carbocycles. The number of rotatable bonds is 6. The van der Waals surface area contributed by atoms with E-state index in [9.17, 15) is 4.79 Å². The number of carbonyl (C=O) groups is 1. The highest BCUT2D eigenvalue weighted by atomic mass is 35.5. The quantitative estimate of drug-likeness (QED) is 0.830. The van der Waals surface area contributed by atoms with Crippen LogP contribution in [0, 0.1) is 5.92 Å². The average molecular weight is 285 g/mol. The Hall–Kier alpha value is -1.26. The van der Waals surface area contributed by atoms with Crippen LogP contribution >= 0.6 is 12.4 Å². The molecule has 0 atom stereocenters. The fraction of sp³-hybridized carbons (Fsp3) is 0.500. The van der Waals surface area contributed by atoms with Crippen LogP contribution in [0.4, 0.5) is 0 Å². The van der Waals surface area contributed by atoms with E-state index >= 15 is 0 Å². The van der Waals surface area contributed by atoms with Gasteiger partial charge in [0.15, 0.2) is 6.61 Å². The third-order valence-corrected chi connectivity index (χ3v) is 3.16. The number of hydrogen-bond acceptors (Lipinski definition) is 3. The minimum atomic E-state index is -0.0542. The summed E-state index contributed by atoms with van der Waals surface area (Å²) < 4.78 is 5.42. The van der Waals surface area contributed by atoms with Gasteiger partial charge >= 0.3 is 0 Å². The van der Waals surface area contributed by atoms with Crippen molar-refractivity contribution < 1.29 is 9.53 Å². The van der Waals surface area contributed by atoms with Crippen LogP contribution in [0.3, 0.4) is 0 Å². The molecule has 2 N–H and O–H groups in total. The topological polar surface area (TPSA) is 50.4 Å². The van der Waals surface area contributed by atoms with E-state index in [2.05, 4.69) is 17.6 Å². The molecule has 0 spiro atoms. The largest absolute Gasteiger partial charge is 0.484 e. The zero-order valence-electron chi connectivity index (χ0n) is 11.1. The normalized spacial score (nSPS) is 14.2. The Labute approximate surface area is 120 Å². The second-order valence-electron chi connectivity index (χ2n) is 4.61. The molecular weight excluding hydrogens is 264 g/mol. The summed E-state index contributed by atoms with van der Waals surface area (Å²) in [7, 11) is 0. The highest BCUT2D eigenvalue weighted by Gasteiger charge is 2.17. The lowest BCUT2D eigenvalue weighted by molar-refractivity contribution is -0.123. The SMILES string of the molecule is CCc1ccc(OCC(=O)NCC2CNC2)cc1.Cl. The van der Waals surface area contributed by atoms with Gasteiger partial charge in [-0.3, -0.25) is 4.79 Å². The fourth-order valence-corrected chi connectivity index (χ4v) is 1.77. The van der Waals surface area contributed by atoms with Gasteiger partial charge in [0.25, 0.3) is 5.91 Å². The summed E-state index contributed by atoms with van der Waals surface area (Å²) in [6.45, 7) is 4.94. The highest BCUT2D eigenvalue weighted by Crippen LogP contribution is 2.12. The van der Waals surface area contributed by atoms with Crippen molar-refractivity contribution in [2.24, 2.45) is 5.92 Å². The predicted octanol–water partition coefficient (Wildman–Crippen LogP) is 1.39. The third-order valence-electron chi connectivity index (χ3n) is 3.16. The van der Waals surface area contributed by atoms with Gasteiger partial charge in [-0.05, 0) is 24.1 Å². The average Bonchev–Trinajstić information content (AvgIpc) is 2.35. The smallest absolute Gasteiger partial charge is 0.257 e. The zero-order valence-corrected chi connectivity index (χ0v) is 12.0. The first-order valence-electron chi connectivity index (χ1n) is 6.47. The first-order valence-corrected chi connectivity index (χ1v) is 6.47. The number of hydrogen-bond donors (Lipinski definition) is 2. The van der Waals surface area contributed by atoms with Crippen molar-refractivity contribution in [2.75, 3.05) is 26.2 Å². The lowest BCUT2D eigenvalue weighted by atomic mass is 10.0. The molecular formula is C14H21ClN2O2. The van der Waals surface area contributed by atoms with E-state index in [4.69, 9.17) is 4.74 Å². The molecule has 0 saturated carbocycles. The minimum Gasteiger partial charge on any atom is -0.484 e. The summed E-state index contributed by atoms with van der Waals surface area (Å²) in [5.74, 6) is 1.27. The van der Waals surface area contributed by atoms with Crippen LogP contribution in [-0.2, 0) is 11.2 Å². The standard InChI is InChI=1S/C14H20N2O2.ClH/c1-2-11-3-5-13(6-4-11)18-10-14(17)16-9-12-7-15-8-12;/h3-6,12,15H,2,7-10H2,1H3,(H,16,17);1H. The zero-order chi connectivity index (χ0) is 12.8. The molecule has 1 fully saturated rings. The monoisotopic (exact) mass is 284 g/mol. The lowest BCUT2D eigenvalue weighted by Gasteiger charge is -2.27. The maximum atomic E-state index is 11.5. The van der Waals surface area contributed by atoms with Crippen molar-refractivity contribution >= 4 is 18.3 Å². The first-order chi connectivity index (χ1) is 8.78. The molecule has 1 aromatic carbocycles. The number of nitrogens with one attached hydrogen (secondary N) is 2. The second kappa shape index (κ2) is 8.02. The van der Waals surface area contributed by atoms with Crippen LogP contribution in [0.1, 0.15) is 12.5 Å². The predicted molar refractivity (Wildman–Crippen MR) is 77.9 cm³/mol. The van der Waals surface area contributed by atoms with Crippen molar-refractivity contribution in [2.45, 2.75) is 13.3 Å². The Kier molecular flexibility index (Phi) is 6.67. The number of benzene rings is 1. The van der Waals surface area contributed by atoms with Crippen LogP contribution in [0.5, 0.6) is 5.75 Å². The molecule has 0 radical (unpaired) electrons. The third kappa shape index (κ3) is 5.09. The number of carbonyl (C=O) groups excluding carboxylic acids is 1. The van der Waals surface area contributed by atoms with Gasteiger partial charge < -0.3 is 15.4 Å². The molecule has 0 bridgehead atoms. The van der Waals surface area contributed by atoms with Crippen LogP contribution < -0.4 is 15.4 Å².